The van der Waals surface area contributed by atoms with Crippen molar-refractivity contribution in [3.63, 3.8) is 0 Å². The van der Waals surface area contributed by atoms with Gasteiger partial charge in [0.15, 0.2) is 0 Å². The molecule has 0 aromatic heterocycles. The summed E-state index contributed by atoms with van der Waals surface area (Å²) in [6.45, 7) is 4.00. The summed E-state index contributed by atoms with van der Waals surface area (Å²) in [7, 11) is 1.81. The predicted molar refractivity (Wildman–Crippen MR) is 53.9 cm³/mol. The van der Waals surface area contributed by atoms with Crippen LogP contribution in [-0.2, 0) is 0 Å². The minimum absolute atomic E-state index is 0.844. The molecular weight excluding hydrogens is 150 g/mol. The Morgan fingerprint density at radius 3 is 2.75 bits per heavy atom. The molecule has 1 aliphatic rings. The van der Waals surface area contributed by atoms with E-state index in [1.54, 1.807) is 6.20 Å². The summed E-state index contributed by atoms with van der Waals surface area (Å²) < 4.78 is 0. The number of hydrogen-bond donors (Lipinski definition) is 2. The topological polar surface area (TPSA) is 36.4 Å². The highest BCUT2D eigenvalue weighted by Crippen LogP contribution is 1.92. The Morgan fingerprint density at radius 2 is 2.08 bits per heavy atom. The molecule has 1 heterocycles. The Bertz CT molecular complexity index is 180. The molecule has 3 nitrogen and oxygen atoms in total. The highest BCUT2D eigenvalue weighted by atomic mass is 15.4. The standard InChI is InChI=1S/C7H11N3.C2H6/c1-8-10-7-5-3-2-4-6-9-7;1-2/h3-6,8H,2H2,1H3,(H,9,10);1-2H3. The van der Waals surface area contributed by atoms with Crippen LogP contribution in [0.5, 0.6) is 0 Å². The van der Waals surface area contributed by atoms with Crippen LogP contribution < -0.4 is 10.9 Å². The summed E-state index contributed by atoms with van der Waals surface area (Å²) in [6, 6.07) is 0. The number of rotatable bonds is 1. The lowest BCUT2D eigenvalue weighted by Gasteiger charge is -1.99. The molecule has 0 saturated heterocycles. The maximum absolute atomic E-state index is 4.09. The summed E-state index contributed by atoms with van der Waals surface area (Å²) in [5.41, 5.74) is 5.69. The van der Waals surface area contributed by atoms with Crippen LogP contribution in [0.4, 0.5) is 0 Å². The highest BCUT2D eigenvalue weighted by Gasteiger charge is 1.89. The fourth-order valence-electron chi connectivity index (χ4n) is 0.697. The van der Waals surface area contributed by atoms with Gasteiger partial charge in [0.2, 0.25) is 0 Å². The predicted octanol–water partition coefficient (Wildman–Crippen LogP) is 1.61. The van der Waals surface area contributed by atoms with Crippen LogP contribution in [0.3, 0.4) is 0 Å². The first kappa shape index (κ1) is 10.9. The number of allylic oxidation sites excluding steroid dienone is 2. The molecule has 68 valence electrons. The van der Waals surface area contributed by atoms with E-state index in [1.165, 1.54) is 0 Å². The first-order valence-electron chi connectivity index (χ1n) is 4.25. The van der Waals surface area contributed by atoms with Gasteiger partial charge in [0.05, 0.1) is 0 Å². The van der Waals surface area contributed by atoms with E-state index in [4.69, 9.17) is 0 Å². The van der Waals surface area contributed by atoms with Gasteiger partial charge >= 0.3 is 0 Å². The van der Waals surface area contributed by atoms with Gasteiger partial charge in [-0.3, -0.25) is 0 Å². The largest absolute Gasteiger partial charge is 0.306 e. The monoisotopic (exact) mass is 167 g/mol. The minimum Gasteiger partial charge on any atom is -0.306 e. The molecule has 0 saturated carbocycles. The van der Waals surface area contributed by atoms with Crippen LogP contribution >= 0.6 is 0 Å². The minimum atomic E-state index is 0.844. The Labute approximate surface area is 74.2 Å². The SMILES string of the molecule is CC.CNNC1=NC=CCC=C1. The smallest absolute Gasteiger partial charge is 0.139 e. The van der Waals surface area contributed by atoms with E-state index >= 15 is 0 Å². The molecule has 0 aromatic carbocycles. The number of nitrogens with zero attached hydrogens (tertiary/aromatic N) is 1. The molecule has 12 heavy (non-hydrogen) atoms. The second-order valence-electron chi connectivity index (χ2n) is 1.91. The molecule has 3 heteroatoms. The molecule has 0 unspecified atom stereocenters. The Kier molecular flexibility index (Phi) is 7.28. The van der Waals surface area contributed by atoms with Crippen LogP contribution in [-0.4, -0.2) is 12.9 Å². The number of hydrazine groups is 1. The van der Waals surface area contributed by atoms with Crippen LogP contribution in [0, 0.1) is 0 Å². The van der Waals surface area contributed by atoms with Gasteiger partial charge in [-0.1, -0.05) is 26.0 Å². The molecule has 0 aliphatic carbocycles. The molecule has 0 radical (unpaired) electrons. The summed E-state index contributed by atoms with van der Waals surface area (Å²) >= 11 is 0. The molecule has 0 atom stereocenters. The van der Waals surface area contributed by atoms with Crippen molar-refractivity contribution in [1.82, 2.24) is 10.9 Å². The molecule has 0 spiro atoms. The van der Waals surface area contributed by atoms with E-state index in [0.717, 1.165) is 12.3 Å². The van der Waals surface area contributed by atoms with E-state index in [2.05, 4.69) is 15.8 Å². The number of amidine groups is 1. The molecule has 1 rings (SSSR count). The zero-order chi connectivity index (χ0) is 9.23. The zero-order valence-electron chi connectivity index (χ0n) is 7.96. The van der Waals surface area contributed by atoms with E-state index in [9.17, 15) is 0 Å². The number of hydrogen-bond acceptors (Lipinski definition) is 3. The first-order chi connectivity index (χ1) is 5.93. The van der Waals surface area contributed by atoms with Gasteiger partial charge in [-0.2, -0.15) is 0 Å². The summed E-state index contributed by atoms with van der Waals surface area (Å²) in [5.74, 6) is 0.844. The van der Waals surface area contributed by atoms with Crippen molar-refractivity contribution in [2.45, 2.75) is 20.3 Å². The van der Waals surface area contributed by atoms with Crippen LogP contribution in [0.25, 0.3) is 0 Å². The average Bonchev–Trinajstić information content (AvgIpc) is 2.37. The molecule has 0 aromatic rings. The second-order valence-corrected chi connectivity index (χ2v) is 1.91. The molecular formula is C9H17N3. The van der Waals surface area contributed by atoms with Crippen LogP contribution in [0.1, 0.15) is 20.3 Å². The van der Waals surface area contributed by atoms with Gasteiger partial charge in [0.1, 0.15) is 5.84 Å². The third kappa shape index (κ3) is 4.68. The van der Waals surface area contributed by atoms with Gasteiger partial charge in [-0.25, -0.2) is 10.4 Å². The molecule has 1 aliphatic heterocycles. The number of nitrogens with one attached hydrogen (secondary N) is 2. The van der Waals surface area contributed by atoms with E-state index < -0.39 is 0 Å². The van der Waals surface area contributed by atoms with Crippen molar-refractivity contribution in [2.24, 2.45) is 4.99 Å². The van der Waals surface area contributed by atoms with Gasteiger partial charge in [0.25, 0.3) is 0 Å². The maximum Gasteiger partial charge on any atom is 0.139 e. The van der Waals surface area contributed by atoms with Crippen molar-refractivity contribution in [3.8, 4) is 0 Å². The third-order valence-corrected chi connectivity index (χ3v) is 1.12. The maximum atomic E-state index is 4.09. The summed E-state index contributed by atoms with van der Waals surface area (Å²) in [4.78, 5) is 4.09. The van der Waals surface area contributed by atoms with Crippen molar-refractivity contribution >= 4 is 5.84 Å². The normalized spacial score (nSPS) is 14.1. The van der Waals surface area contributed by atoms with Gasteiger partial charge in [-0.15, -0.1) is 0 Å². The lowest BCUT2D eigenvalue weighted by Crippen LogP contribution is -2.32. The van der Waals surface area contributed by atoms with Crippen molar-refractivity contribution in [3.05, 3.63) is 24.4 Å². The zero-order valence-corrected chi connectivity index (χ0v) is 7.96. The number of aliphatic imine (C=N–C) groups is 1. The molecule has 0 bridgehead atoms. The molecule has 0 amide bonds. The van der Waals surface area contributed by atoms with E-state index in [0.29, 0.717) is 0 Å². The summed E-state index contributed by atoms with van der Waals surface area (Å²) in [6.07, 6.45) is 8.74. The average molecular weight is 167 g/mol. The Balaban J connectivity index is 0.000000561. The fourth-order valence-corrected chi connectivity index (χ4v) is 0.697. The Morgan fingerprint density at radius 1 is 1.33 bits per heavy atom. The fraction of sp³-hybridized carbons (Fsp3) is 0.444. The van der Waals surface area contributed by atoms with Gasteiger partial charge in [-0.05, 0) is 12.5 Å². The first-order valence-corrected chi connectivity index (χ1v) is 4.25. The lowest BCUT2D eigenvalue weighted by molar-refractivity contribution is 0.771. The quantitative estimate of drug-likeness (QED) is 0.582. The van der Waals surface area contributed by atoms with Crippen LogP contribution in [0.2, 0.25) is 0 Å². The Hall–Kier alpha value is -1.09. The van der Waals surface area contributed by atoms with Crippen LogP contribution in [0.15, 0.2) is 29.4 Å². The van der Waals surface area contributed by atoms with Crippen molar-refractivity contribution in [2.75, 3.05) is 7.05 Å². The molecule has 2 N–H and O–H groups in total. The van der Waals surface area contributed by atoms with Crippen molar-refractivity contribution < 1.29 is 0 Å². The third-order valence-electron chi connectivity index (χ3n) is 1.12. The van der Waals surface area contributed by atoms with Crippen molar-refractivity contribution in [1.29, 1.82) is 0 Å². The van der Waals surface area contributed by atoms with E-state index in [-0.39, 0.29) is 0 Å². The summed E-state index contributed by atoms with van der Waals surface area (Å²) in [5, 5.41) is 0. The van der Waals surface area contributed by atoms with E-state index in [1.807, 2.05) is 39.1 Å². The molecule has 0 fully saturated rings. The second kappa shape index (κ2) is 8.01. The highest BCUT2D eigenvalue weighted by molar-refractivity contribution is 5.93. The lowest BCUT2D eigenvalue weighted by atomic mass is 10.4. The van der Waals surface area contributed by atoms with Gasteiger partial charge < -0.3 is 5.43 Å². The van der Waals surface area contributed by atoms with Gasteiger partial charge in [0, 0.05) is 13.2 Å².